The summed E-state index contributed by atoms with van der Waals surface area (Å²) >= 11 is 0. The predicted octanol–water partition coefficient (Wildman–Crippen LogP) is -1.04. The summed E-state index contributed by atoms with van der Waals surface area (Å²) in [5.41, 5.74) is -0.444. The van der Waals surface area contributed by atoms with Gasteiger partial charge in [-0.3, -0.25) is 14.4 Å². The molecule has 1 heterocycles. The Morgan fingerprint density at radius 1 is 1.14 bits per heavy atom. The third-order valence-corrected chi connectivity index (χ3v) is 2.67. The van der Waals surface area contributed by atoms with Gasteiger partial charge in [-0.1, -0.05) is 5.16 Å². The molecule has 0 amide bonds. The Morgan fingerprint density at radius 3 is 2.18 bits per heavy atom. The minimum Gasteiger partial charge on any atom is -0.463 e. The molecule has 0 radical (unpaired) electrons. The second-order valence-corrected chi connectivity index (χ2v) is 4.46. The molecule has 0 aromatic carbocycles. The second kappa shape index (κ2) is 7.71. The van der Waals surface area contributed by atoms with E-state index in [1.807, 2.05) is 0 Å². The quantitative estimate of drug-likeness (QED) is 0.287. The van der Waals surface area contributed by atoms with Crippen LogP contribution in [0.3, 0.4) is 0 Å². The maximum atomic E-state index is 11.2. The van der Waals surface area contributed by atoms with E-state index in [9.17, 15) is 19.5 Å². The maximum Gasteiger partial charge on any atom is 0.303 e. The first-order valence-corrected chi connectivity index (χ1v) is 6.29. The Labute approximate surface area is 125 Å². The van der Waals surface area contributed by atoms with Crippen LogP contribution in [0.15, 0.2) is 5.16 Å². The molecule has 0 aromatic rings. The molecule has 2 N–H and O–H groups in total. The van der Waals surface area contributed by atoms with Gasteiger partial charge in [0.15, 0.2) is 17.9 Å². The lowest BCUT2D eigenvalue weighted by Gasteiger charge is -2.38. The lowest BCUT2D eigenvalue weighted by Crippen LogP contribution is -2.59. The van der Waals surface area contributed by atoms with Crippen LogP contribution in [0.4, 0.5) is 0 Å². The van der Waals surface area contributed by atoms with Crippen LogP contribution in [-0.2, 0) is 33.3 Å². The van der Waals surface area contributed by atoms with E-state index in [1.54, 1.807) is 0 Å². The first-order chi connectivity index (χ1) is 10.3. The van der Waals surface area contributed by atoms with Gasteiger partial charge in [-0.2, -0.15) is 0 Å². The van der Waals surface area contributed by atoms with Crippen LogP contribution in [0.25, 0.3) is 0 Å². The van der Waals surface area contributed by atoms with Crippen molar-refractivity contribution in [3.63, 3.8) is 0 Å². The number of oxime groups is 1. The minimum atomic E-state index is -1.72. The van der Waals surface area contributed by atoms with Crippen LogP contribution >= 0.6 is 0 Å². The lowest BCUT2D eigenvalue weighted by atomic mass is 9.99. The van der Waals surface area contributed by atoms with Gasteiger partial charge < -0.3 is 29.3 Å². The Morgan fingerprint density at radius 2 is 1.73 bits per heavy atom. The molecule has 4 atom stereocenters. The Hall–Kier alpha value is -2.20. The third kappa shape index (κ3) is 4.67. The molecule has 124 valence electrons. The highest BCUT2D eigenvalue weighted by molar-refractivity contribution is 5.94. The van der Waals surface area contributed by atoms with Crippen LogP contribution in [0.5, 0.6) is 0 Å². The molecule has 0 aliphatic carbocycles. The summed E-state index contributed by atoms with van der Waals surface area (Å²) in [5, 5.41) is 21.5. The largest absolute Gasteiger partial charge is 0.463 e. The van der Waals surface area contributed by atoms with E-state index in [4.69, 9.17) is 24.2 Å². The topological polar surface area (TPSA) is 141 Å². The van der Waals surface area contributed by atoms with Gasteiger partial charge in [0.25, 0.3) is 0 Å². The average molecular weight is 319 g/mol. The molecule has 1 fully saturated rings. The molecule has 22 heavy (non-hydrogen) atoms. The van der Waals surface area contributed by atoms with Gasteiger partial charge in [-0.25, -0.2) is 0 Å². The smallest absolute Gasteiger partial charge is 0.303 e. The highest BCUT2D eigenvalue weighted by Gasteiger charge is 2.48. The number of hydrogen-bond acceptors (Lipinski definition) is 10. The molecule has 0 bridgehead atoms. The minimum absolute atomic E-state index is 0.360. The fraction of sp³-hybridized carbons (Fsp3) is 0.667. The summed E-state index contributed by atoms with van der Waals surface area (Å²) < 4.78 is 19.8. The Bertz CT molecular complexity index is 475. The SMILES string of the molecule is CC(=O)OC[C@H]1O[C@H](O)/C(=N\O)[C@@H](OC(C)=O)[C@H]1OC(C)=O. The van der Waals surface area contributed by atoms with Crippen molar-refractivity contribution >= 4 is 23.6 Å². The van der Waals surface area contributed by atoms with Crippen molar-refractivity contribution in [1.29, 1.82) is 0 Å². The van der Waals surface area contributed by atoms with Crippen LogP contribution in [-0.4, -0.2) is 65.1 Å². The van der Waals surface area contributed by atoms with Crippen LogP contribution in [0.1, 0.15) is 20.8 Å². The molecule has 1 aliphatic heterocycles. The molecule has 0 saturated carbocycles. The molecule has 1 aliphatic rings. The summed E-state index contributed by atoms with van der Waals surface area (Å²) in [4.78, 5) is 33.3. The summed E-state index contributed by atoms with van der Waals surface area (Å²) in [6.07, 6.45) is -5.47. The zero-order chi connectivity index (χ0) is 16.9. The average Bonchev–Trinajstić information content (AvgIpc) is 2.39. The lowest BCUT2D eigenvalue weighted by molar-refractivity contribution is -0.210. The molecule has 10 heteroatoms. The number of nitrogens with zero attached hydrogens (tertiary/aromatic N) is 1. The van der Waals surface area contributed by atoms with Crippen molar-refractivity contribution in [3.05, 3.63) is 0 Å². The van der Waals surface area contributed by atoms with Crippen molar-refractivity contribution in [2.45, 2.75) is 45.4 Å². The van der Waals surface area contributed by atoms with Gasteiger partial charge in [0, 0.05) is 20.8 Å². The fourth-order valence-corrected chi connectivity index (χ4v) is 1.89. The number of hydrogen-bond donors (Lipinski definition) is 2. The van der Waals surface area contributed by atoms with Crippen molar-refractivity contribution in [2.75, 3.05) is 6.61 Å². The zero-order valence-corrected chi connectivity index (χ0v) is 12.2. The van der Waals surface area contributed by atoms with Crippen LogP contribution in [0.2, 0.25) is 0 Å². The molecule has 1 rings (SSSR count). The number of carbonyl (C=O) groups excluding carboxylic acids is 3. The monoisotopic (exact) mass is 319 g/mol. The number of aliphatic hydroxyl groups excluding tert-OH is 1. The molecule has 1 saturated heterocycles. The first-order valence-electron chi connectivity index (χ1n) is 6.29. The van der Waals surface area contributed by atoms with Gasteiger partial charge >= 0.3 is 17.9 Å². The zero-order valence-electron chi connectivity index (χ0n) is 12.2. The number of rotatable bonds is 4. The summed E-state index contributed by atoms with van der Waals surface area (Å²) in [7, 11) is 0. The molecule has 0 unspecified atom stereocenters. The molecular formula is C12H17NO9. The highest BCUT2D eigenvalue weighted by atomic mass is 16.7. The summed E-state index contributed by atoms with van der Waals surface area (Å²) in [5.74, 6) is -2.11. The summed E-state index contributed by atoms with van der Waals surface area (Å²) in [6.45, 7) is 2.99. The standard InChI is InChI=1S/C12H17NO9/c1-5(14)19-4-8-10(20-6(2)15)11(21-7(3)16)9(13-18)12(17)22-8/h8,10-12,17-18H,4H2,1-3H3/b13-9-/t8-,10+,11-,12+/m1/s1. The van der Waals surface area contributed by atoms with E-state index in [0.717, 1.165) is 20.8 Å². The second-order valence-electron chi connectivity index (χ2n) is 4.46. The predicted molar refractivity (Wildman–Crippen MR) is 67.8 cm³/mol. The third-order valence-electron chi connectivity index (χ3n) is 2.67. The maximum absolute atomic E-state index is 11.2. The van der Waals surface area contributed by atoms with E-state index in [-0.39, 0.29) is 6.61 Å². The van der Waals surface area contributed by atoms with Crippen molar-refractivity contribution in [1.82, 2.24) is 0 Å². The summed E-state index contributed by atoms with van der Waals surface area (Å²) in [6, 6.07) is 0. The van der Waals surface area contributed by atoms with Gasteiger partial charge in [0.1, 0.15) is 12.7 Å². The van der Waals surface area contributed by atoms with Crippen LogP contribution < -0.4 is 0 Å². The number of ether oxygens (including phenoxy) is 4. The van der Waals surface area contributed by atoms with E-state index in [0.29, 0.717) is 0 Å². The van der Waals surface area contributed by atoms with Crippen molar-refractivity contribution in [3.8, 4) is 0 Å². The van der Waals surface area contributed by atoms with E-state index >= 15 is 0 Å². The molecule has 0 spiro atoms. The Balaban J connectivity index is 3.07. The Kier molecular flexibility index (Phi) is 6.25. The number of carbonyl (C=O) groups is 3. The van der Waals surface area contributed by atoms with Gasteiger partial charge in [-0.05, 0) is 0 Å². The first kappa shape index (κ1) is 17.9. The van der Waals surface area contributed by atoms with E-state index in [1.165, 1.54) is 0 Å². The molecular weight excluding hydrogens is 302 g/mol. The molecule has 0 aromatic heterocycles. The normalized spacial score (nSPS) is 29.7. The van der Waals surface area contributed by atoms with Crippen molar-refractivity contribution < 1.29 is 43.6 Å². The van der Waals surface area contributed by atoms with Gasteiger partial charge in [0.2, 0.25) is 6.29 Å². The van der Waals surface area contributed by atoms with Crippen molar-refractivity contribution in [2.24, 2.45) is 5.16 Å². The fourth-order valence-electron chi connectivity index (χ4n) is 1.89. The number of aliphatic hydroxyl groups is 1. The van der Waals surface area contributed by atoms with E-state index in [2.05, 4.69) is 5.16 Å². The van der Waals surface area contributed by atoms with E-state index < -0.39 is 48.2 Å². The van der Waals surface area contributed by atoms with Crippen LogP contribution in [0, 0.1) is 0 Å². The van der Waals surface area contributed by atoms with Gasteiger partial charge in [-0.15, -0.1) is 0 Å². The molecule has 10 nitrogen and oxygen atoms in total. The highest BCUT2D eigenvalue weighted by Crippen LogP contribution is 2.24. The van der Waals surface area contributed by atoms with Gasteiger partial charge in [0.05, 0.1) is 0 Å². The number of esters is 3.